The fourth-order valence-electron chi connectivity index (χ4n) is 4.00. The van der Waals surface area contributed by atoms with Gasteiger partial charge in [-0.3, -0.25) is 14.4 Å². The van der Waals surface area contributed by atoms with Crippen molar-refractivity contribution in [3.05, 3.63) is 33.8 Å². The Morgan fingerprint density at radius 2 is 2.22 bits per heavy atom. The average molecular weight is 375 g/mol. The molecule has 1 spiro atoms. The average Bonchev–Trinajstić information content (AvgIpc) is 3.25. The molecule has 1 aliphatic heterocycles. The molecule has 1 saturated heterocycles. The fraction of sp³-hybridized carbons (Fsp3) is 0.562. The minimum Gasteiger partial charge on any atom is -0.483 e. The normalized spacial score (nSPS) is 20.7. The van der Waals surface area contributed by atoms with Crippen molar-refractivity contribution in [3.63, 3.8) is 0 Å². The molecule has 11 heteroatoms. The van der Waals surface area contributed by atoms with Gasteiger partial charge in [-0.15, -0.1) is 5.10 Å². The predicted molar refractivity (Wildman–Crippen MR) is 91.9 cm³/mol. The zero-order valence-electron chi connectivity index (χ0n) is 15.0. The molecule has 1 unspecified atom stereocenters. The number of fused-ring (bicyclic) bond motifs is 2. The number of carboxylic acid groups (broad SMARTS) is 1. The Balaban J connectivity index is 0.000000659. The van der Waals surface area contributed by atoms with Gasteiger partial charge in [0.05, 0.1) is 5.69 Å². The lowest BCUT2D eigenvalue weighted by molar-refractivity contribution is -0.134. The highest BCUT2D eigenvalue weighted by Gasteiger charge is 2.45. The van der Waals surface area contributed by atoms with Gasteiger partial charge in [-0.25, -0.2) is 9.67 Å². The monoisotopic (exact) mass is 375 g/mol. The van der Waals surface area contributed by atoms with Crippen molar-refractivity contribution in [1.29, 1.82) is 0 Å². The SMILES string of the molecule is Cc1nc2c(c(=O)[nH]1)CCC21CCCN(C(=O)Cn2cnnn2)C1.O=CO. The van der Waals surface area contributed by atoms with Crippen molar-refractivity contribution in [3.8, 4) is 0 Å². The third-order valence-corrected chi connectivity index (χ3v) is 5.11. The van der Waals surface area contributed by atoms with E-state index in [1.807, 2.05) is 4.90 Å². The van der Waals surface area contributed by atoms with Crippen LogP contribution in [-0.4, -0.2) is 65.7 Å². The minimum atomic E-state index is -0.250. The number of nitrogens with one attached hydrogen (secondary N) is 1. The van der Waals surface area contributed by atoms with Crippen molar-refractivity contribution in [2.45, 2.75) is 44.6 Å². The molecule has 11 nitrogen and oxygen atoms in total. The lowest BCUT2D eigenvalue weighted by Crippen LogP contribution is -2.49. The molecule has 0 bridgehead atoms. The van der Waals surface area contributed by atoms with Crippen molar-refractivity contribution in [2.24, 2.45) is 0 Å². The number of carbonyl (C=O) groups is 2. The first-order valence-electron chi connectivity index (χ1n) is 8.66. The van der Waals surface area contributed by atoms with Crippen LogP contribution < -0.4 is 5.56 Å². The van der Waals surface area contributed by atoms with Crippen LogP contribution in [-0.2, 0) is 28.0 Å². The number of carbonyl (C=O) groups excluding carboxylic acids is 1. The highest BCUT2D eigenvalue weighted by atomic mass is 16.3. The molecule has 1 atom stereocenters. The van der Waals surface area contributed by atoms with Crippen LogP contribution in [0.5, 0.6) is 0 Å². The van der Waals surface area contributed by atoms with E-state index in [-0.39, 0.29) is 29.9 Å². The Bertz CT molecular complexity index is 879. The van der Waals surface area contributed by atoms with Crippen LogP contribution in [0.25, 0.3) is 0 Å². The van der Waals surface area contributed by atoms with Crippen LogP contribution in [0.3, 0.4) is 0 Å². The lowest BCUT2D eigenvalue weighted by Gasteiger charge is -2.40. The molecule has 1 amide bonds. The molecule has 0 radical (unpaired) electrons. The second kappa shape index (κ2) is 7.64. The number of tetrazole rings is 1. The van der Waals surface area contributed by atoms with Gasteiger partial charge in [-0.1, -0.05) is 0 Å². The Hall–Kier alpha value is -3.11. The molecular formula is C16H21N7O4. The first kappa shape index (κ1) is 18.7. The maximum absolute atomic E-state index is 12.6. The molecule has 2 N–H and O–H groups in total. The van der Waals surface area contributed by atoms with E-state index in [1.54, 1.807) is 6.92 Å². The van der Waals surface area contributed by atoms with E-state index in [0.29, 0.717) is 12.4 Å². The van der Waals surface area contributed by atoms with Crippen molar-refractivity contribution < 1.29 is 14.7 Å². The molecule has 1 aliphatic carbocycles. The third kappa shape index (κ3) is 3.71. The van der Waals surface area contributed by atoms with Gasteiger partial charge in [-0.05, 0) is 43.0 Å². The predicted octanol–water partition coefficient (Wildman–Crippen LogP) is -0.728. The summed E-state index contributed by atoms with van der Waals surface area (Å²) in [5, 5.41) is 17.7. The molecule has 27 heavy (non-hydrogen) atoms. The molecule has 0 aromatic carbocycles. The van der Waals surface area contributed by atoms with E-state index in [0.717, 1.165) is 43.5 Å². The van der Waals surface area contributed by atoms with Crippen LogP contribution in [0.1, 0.15) is 36.3 Å². The molecule has 1 fully saturated rings. The molecular weight excluding hydrogens is 354 g/mol. The number of aromatic amines is 1. The number of rotatable bonds is 2. The van der Waals surface area contributed by atoms with Crippen LogP contribution in [0.15, 0.2) is 11.1 Å². The molecule has 0 saturated carbocycles. The summed E-state index contributed by atoms with van der Waals surface area (Å²) in [6, 6.07) is 0. The van der Waals surface area contributed by atoms with Gasteiger partial charge in [-0.2, -0.15) is 0 Å². The van der Waals surface area contributed by atoms with Gasteiger partial charge in [0, 0.05) is 24.1 Å². The van der Waals surface area contributed by atoms with E-state index in [4.69, 9.17) is 9.90 Å². The van der Waals surface area contributed by atoms with Crippen LogP contribution in [0.2, 0.25) is 0 Å². The number of nitrogens with zero attached hydrogens (tertiary/aromatic N) is 6. The maximum atomic E-state index is 12.6. The zero-order chi connectivity index (χ0) is 19.4. The topological polar surface area (TPSA) is 147 Å². The van der Waals surface area contributed by atoms with E-state index in [1.165, 1.54) is 11.0 Å². The van der Waals surface area contributed by atoms with Crippen LogP contribution in [0, 0.1) is 6.92 Å². The molecule has 4 rings (SSSR count). The summed E-state index contributed by atoms with van der Waals surface area (Å²) in [6.45, 7) is 3.02. The number of hydrogen-bond acceptors (Lipinski definition) is 7. The molecule has 2 aromatic heterocycles. The number of hydrogen-bond donors (Lipinski definition) is 2. The Kier molecular flexibility index (Phi) is 5.28. The quantitative estimate of drug-likeness (QED) is 0.653. The summed E-state index contributed by atoms with van der Waals surface area (Å²) in [5.41, 5.74) is 1.45. The summed E-state index contributed by atoms with van der Waals surface area (Å²) in [4.78, 5) is 42.4. The maximum Gasteiger partial charge on any atom is 0.290 e. The highest BCUT2D eigenvalue weighted by Crippen LogP contribution is 2.42. The fourth-order valence-corrected chi connectivity index (χ4v) is 4.00. The summed E-state index contributed by atoms with van der Waals surface area (Å²) in [7, 11) is 0. The Morgan fingerprint density at radius 3 is 2.93 bits per heavy atom. The molecule has 2 aliphatic rings. The molecule has 2 aromatic rings. The van der Waals surface area contributed by atoms with Crippen LogP contribution >= 0.6 is 0 Å². The number of amides is 1. The van der Waals surface area contributed by atoms with Gasteiger partial charge in [0.2, 0.25) is 5.91 Å². The van der Waals surface area contributed by atoms with Gasteiger partial charge in [0.15, 0.2) is 0 Å². The van der Waals surface area contributed by atoms with E-state index in [9.17, 15) is 9.59 Å². The number of aryl methyl sites for hydroxylation is 1. The number of piperidine rings is 1. The zero-order valence-corrected chi connectivity index (χ0v) is 15.0. The van der Waals surface area contributed by atoms with Crippen molar-refractivity contribution in [2.75, 3.05) is 13.1 Å². The minimum absolute atomic E-state index is 0.00334. The first-order chi connectivity index (χ1) is 13.0. The van der Waals surface area contributed by atoms with Crippen LogP contribution in [0.4, 0.5) is 0 Å². The lowest BCUT2D eigenvalue weighted by atomic mass is 9.77. The van der Waals surface area contributed by atoms with Crippen molar-refractivity contribution in [1.82, 2.24) is 35.1 Å². The first-order valence-corrected chi connectivity index (χ1v) is 8.66. The number of H-pyrrole nitrogens is 1. The third-order valence-electron chi connectivity index (χ3n) is 5.11. The Labute approximate surface area is 154 Å². The summed E-state index contributed by atoms with van der Waals surface area (Å²) >= 11 is 0. The van der Waals surface area contributed by atoms with Gasteiger partial charge < -0.3 is 15.0 Å². The second-order valence-electron chi connectivity index (χ2n) is 6.79. The van der Waals surface area contributed by atoms with E-state index < -0.39 is 0 Å². The summed E-state index contributed by atoms with van der Waals surface area (Å²) < 4.78 is 1.43. The second-order valence-corrected chi connectivity index (χ2v) is 6.79. The standard InChI is InChI=1S/C15H19N7O2.CH2O2/c1-10-17-13-11(14(24)18-10)3-5-15(13)4-2-6-21(8-15)12(23)7-22-9-16-19-20-22;2-1-3/h9H,2-8H2,1H3,(H,17,18,24);1H,(H,2,3). The smallest absolute Gasteiger partial charge is 0.290 e. The Morgan fingerprint density at radius 1 is 1.44 bits per heavy atom. The largest absolute Gasteiger partial charge is 0.483 e. The van der Waals surface area contributed by atoms with Crippen molar-refractivity contribution >= 4 is 12.4 Å². The molecule has 144 valence electrons. The van der Waals surface area contributed by atoms with E-state index in [2.05, 4.69) is 25.5 Å². The number of likely N-dealkylation sites (tertiary alicyclic amines) is 1. The highest BCUT2D eigenvalue weighted by molar-refractivity contribution is 5.76. The summed E-state index contributed by atoms with van der Waals surface area (Å²) in [5.74, 6) is 0.633. The molecule has 3 heterocycles. The van der Waals surface area contributed by atoms with E-state index >= 15 is 0 Å². The number of aromatic nitrogens is 6. The summed E-state index contributed by atoms with van der Waals surface area (Å²) in [6.07, 6.45) is 4.91. The van der Waals surface area contributed by atoms with Gasteiger partial charge in [0.1, 0.15) is 18.7 Å². The van der Waals surface area contributed by atoms with Gasteiger partial charge >= 0.3 is 0 Å². The van der Waals surface area contributed by atoms with Gasteiger partial charge in [0.25, 0.3) is 12.0 Å².